The van der Waals surface area contributed by atoms with Crippen molar-refractivity contribution < 1.29 is 4.74 Å². The van der Waals surface area contributed by atoms with Gasteiger partial charge in [0.15, 0.2) is 5.82 Å². The van der Waals surface area contributed by atoms with Crippen molar-refractivity contribution in [2.75, 3.05) is 19.5 Å². The highest BCUT2D eigenvalue weighted by atomic mass is 32.1. The summed E-state index contributed by atoms with van der Waals surface area (Å²) in [6.45, 7) is 0. The zero-order valence-electron chi connectivity index (χ0n) is 8.52. The van der Waals surface area contributed by atoms with Crippen molar-refractivity contribution >= 4 is 16.7 Å². The van der Waals surface area contributed by atoms with E-state index in [4.69, 9.17) is 4.74 Å². The molecule has 0 atom stereocenters. The molecule has 1 N–H and O–H groups in total. The molecule has 0 aliphatic heterocycles. The van der Waals surface area contributed by atoms with E-state index < -0.39 is 0 Å². The third-order valence-electron chi connectivity index (χ3n) is 1.99. The van der Waals surface area contributed by atoms with Gasteiger partial charge in [0, 0.05) is 18.6 Å². The van der Waals surface area contributed by atoms with E-state index in [-0.39, 0.29) is 0 Å². The van der Waals surface area contributed by atoms with E-state index in [1.165, 1.54) is 11.5 Å². The summed E-state index contributed by atoms with van der Waals surface area (Å²) in [5.74, 6) is 1.49. The van der Waals surface area contributed by atoms with Crippen LogP contribution in [0.5, 0.6) is 5.75 Å². The number of anilines is 1. The topological polar surface area (TPSA) is 47.0 Å². The number of methoxy groups -OCH3 is 1. The molecular weight excluding hydrogens is 210 g/mol. The number of para-hydroxylation sites is 1. The molecule has 5 heteroatoms. The summed E-state index contributed by atoms with van der Waals surface area (Å²) < 4.78 is 9.50. The Hall–Kier alpha value is -1.62. The minimum absolute atomic E-state index is 0.696. The van der Waals surface area contributed by atoms with Gasteiger partial charge in [0.1, 0.15) is 5.75 Å². The van der Waals surface area contributed by atoms with E-state index in [1.807, 2.05) is 31.3 Å². The molecule has 0 bridgehead atoms. The zero-order valence-corrected chi connectivity index (χ0v) is 9.34. The maximum atomic E-state index is 5.25. The predicted molar refractivity (Wildman–Crippen MR) is 61.4 cm³/mol. The van der Waals surface area contributed by atoms with Gasteiger partial charge < -0.3 is 10.1 Å². The molecule has 0 spiro atoms. The Bertz CT molecular complexity index is 455. The molecule has 15 heavy (non-hydrogen) atoms. The molecule has 0 saturated carbocycles. The van der Waals surface area contributed by atoms with Crippen LogP contribution in [0.2, 0.25) is 0 Å². The third-order valence-corrected chi connectivity index (χ3v) is 2.72. The number of ether oxygens (including phenoxy) is 1. The van der Waals surface area contributed by atoms with Crippen LogP contribution in [0.3, 0.4) is 0 Å². The number of nitrogens with one attached hydrogen (secondary N) is 1. The average molecular weight is 221 g/mol. The van der Waals surface area contributed by atoms with E-state index in [2.05, 4.69) is 14.7 Å². The van der Waals surface area contributed by atoms with E-state index in [0.29, 0.717) is 5.82 Å². The van der Waals surface area contributed by atoms with Crippen LogP contribution in [0.1, 0.15) is 0 Å². The standard InChI is InChI=1S/C10H11N3OS/c1-11-10-12-9(13-15-10)7-5-3-4-6-8(7)14-2/h3-6H,1-2H3,(H,11,12,13). The first-order valence-corrected chi connectivity index (χ1v) is 5.27. The Morgan fingerprint density at radius 3 is 2.80 bits per heavy atom. The molecule has 0 unspecified atom stereocenters. The second kappa shape index (κ2) is 4.27. The molecule has 2 rings (SSSR count). The molecule has 4 nitrogen and oxygen atoms in total. The molecule has 1 aromatic carbocycles. The highest BCUT2D eigenvalue weighted by Crippen LogP contribution is 2.29. The molecule has 0 saturated heterocycles. The van der Waals surface area contributed by atoms with E-state index in [9.17, 15) is 0 Å². The normalized spacial score (nSPS) is 10.0. The fraction of sp³-hybridized carbons (Fsp3) is 0.200. The van der Waals surface area contributed by atoms with Crippen LogP contribution in [0.25, 0.3) is 11.4 Å². The lowest BCUT2D eigenvalue weighted by Crippen LogP contribution is -1.89. The lowest BCUT2D eigenvalue weighted by Gasteiger charge is -2.03. The molecule has 78 valence electrons. The van der Waals surface area contributed by atoms with E-state index >= 15 is 0 Å². The summed E-state index contributed by atoms with van der Waals surface area (Å²) >= 11 is 1.34. The van der Waals surface area contributed by atoms with Gasteiger partial charge in [0.05, 0.1) is 12.7 Å². The second-order valence-corrected chi connectivity index (χ2v) is 3.63. The average Bonchev–Trinajstić information content (AvgIpc) is 2.77. The van der Waals surface area contributed by atoms with Gasteiger partial charge >= 0.3 is 0 Å². The minimum Gasteiger partial charge on any atom is -0.496 e. The summed E-state index contributed by atoms with van der Waals surface area (Å²) in [5.41, 5.74) is 0.915. The van der Waals surface area contributed by atoms with Crippen molar-refractivity contribution in [2.45, 2.75) is 0 Å². The number of hydrogen-bond donors (Lipinski definition) is 1. The number of hydrogen-bond acceptors (Lipinski definition) is 5. The number of aromatic nitrogens is 2. The first-order chi connectivity index (χ1) is 7.35. The Kier molecular flexibility index (Phi) is 2.82. The van der Waals surface area contributed by atoms with Gasteiger partial charge in [0.2, 0.25) is 5.13 Å². The Labute approximate surface area is 92.1 Å². The van der Waals surface area contributed by atoms with Gasteiger partial charge in [-0.25, -0.2) is 0 Å². The Morgan fingerprint density at radius 1 is 1.33 bits per heavy atom. The summed E-state index contributed by atoms with van der Waals surface area (Å²) in [7, 11) is 3.47. The largest absolute Gasteiger partial charge is 0.496 e. The molecular formula is C10H11N3OS. The van der Waals surface area contributed by atoms with Crippen LogP contribution in [-0.2, 0) is 0 Å². The van der Waals surface area contributed by atoms with E-state index in [1.54, 1.807) is 7.11 Å². The Balaban J connectivity index is 2.44. The van der Waals surface area contributed by atoms with Gasteiger partial charge in [-0.2, -0.15) is 9.36 Å². The molecule has 0 aliphatic carbocycles. The van der Waals surface area contributed by atoms with Crippen molar-refractivity contribution in [3.8, 4) is 17.1 Å². The minimum atomic E-state index is 0.696. The van der Waals surface area contributed by atoms with Crippen molar-refractivity contribution in [2.24, 2.45) is 0 Å². The monoisotopic (exact) mass is 221 g/mol. The van der Waals surface area contributed by atoms with Crippen LogP contribution in [0.15, 0.2) is 24.3 Å². The fourth-order valence-corrected chi connectivity index (χ4v) is 1.79. The fourth-order valence-electron chi connectivity index (χ4n) is 1.26. The van der Waals surface area contributed by atoms with Gasteiger partial charge in [-0.05, 0) is 12.1 Å². The first-order valence-electron chi connectivity index (χ1n) is 4.50. The quantitative estimate of drug-likeness (QED) is 0.863. The van der Waals surface area contributed by atoms with Gasteiger partial charge in [-0.3, -0.25) is 0 Å². The highest BCUT2D eigenvalue weighted by molar-refractivity contribution is 7.09. The molecule has 0 fully saturated rings. The highest BCUT2D eigenvalue weighted by Gasteiger charge is 2.09. The Morgan fingerprint density at radius 2 is 2.13 bits per heavy atom. The summed E-state index contributed by atoms with van der Waals surface area (Å²) in [6, 6.07) is 7.71. The third kappa shape index (κ3) is 1.92. The summed E-state index contributed by atoms with van der Waals surface area (Å²) in [5, 5.41) is 3.76. The van der Waals surface area contributed by atoms with Crippen LogP contribution in [0, 0.1) is 0 Å². The van der Waals surface area contributed by atoms with Crippen LogP contribution >= 0.6 is 11.5 Å². The van der Waals surface area contributed by atoms with Crippen molar-refractivity contribution in [1.82, 2.24) is 9.36 Å². The molecule has 1 aromatic heterocycles. The van der Waals surface area contributed by atoms with Crippen LogP contribution in [0.4, 0.5) is 5.13 Å². The zero-order chi connectivity index (χ0) is 10.7. The maximum Gasteiger partial charge on any atom is 0.202 e. The summed E-state index contributed by atoms with van der Waals surface area (Å²) in [4.78, 5) is 4.32. The predicted octanol–water partition coefficient (Wildman–Crippen LogP) is 2.26. The SMILES string of the molecule is CNc1nc(-c2ccccc2OC)ns1. The van der Waals surface area contributed by atoms with Crippen LogP contribution in [-0.4, -0.2) is 23.5 Å². The maximum absolute atomic E-state index is 5.25. The van der Waals surface area contributed by atoms with Gasteiger partial charge in [-0.1, -0.05) is 12.1 Å². The van der Waals surface area contributed by atoms with Crippen molar-refractivity contribution in [3.63, 3.8) is 0 Å². The number of nitrogens with zero attached hydrogens (tertiary/aromatic N) is 2. The lowest BCUT2D eigenvalue weighted by molar-refractivity contribution is 0.416. The van der Waals surface area contributed by atoms with Crippen molar-refractivity contribution in [1.29, 1.82) is 0 Å². The molecule has 1 heterocycles. The van der Waals surface area contributed by atoms with E-state index in [0.717, 1.165) is 16.4 Å². The number of benzene rings is 1. The molecule has 0 radical (unpaired) electrons. The number of rotatable bonds is 3. The molecule has 0 aliphatic rings. The second-order valence-electron chi connectivity index (χ2n) is 2.87. The first kappa shape index (κ1) is 9.92. The summed E-state index contributed by atoms with van der Waals surface area (Å²) in [6.07, 6.45) is 0. The van der Waals surface area contributed by atoms with Crippen LogP contribution < -0.4 is 10.1 Å². The lowest BCUT2D eigenvalue weighted by atomic mass is 10.2. The van der Waals surface area contributed by atoms with Gasteiger partial charge in [-0.15, -0.1) is 0 Å². The molecule has 0 amide bonds. The van der Waals surface area contributed by atoms with Gasteiger partial charge in [0.25, 0.3) is 0 Å². The smallest absolute Gasteiger partial charge is 0.202 e. The molecule has 2 aromatic rings. The van der Waals surface area contributed by atoms with Crippen molar-refractivity contribution in [3.05, 3.63) is 24.3 Å².